The molecular weight excluding hydrogens is 351 g/mol. The van der Waals surface area contributed by atoms with Gasteiger partial charge in [0.25, 0.3) is 10.0 Å². The minimum Gasteiger partial charge on any atom is -0.398 e. The van der Waals surface area contributed by atoms with E-state index in [1.807, 2.05) is 6.92 Å². The van der Waals surface area contributed by atoms with Gasteiger partial charge < -0.3 is 5.73 Å². The SMILES string of the molecule is CCn1cc(NS(=O)(=O)c2cc(Br)c(F)cc2N)cn1. The molecule has 1 aromatic carbocycles. The van der Waals surface area contributed by atoms with E-state index in [-0.39, 0.29) is 15.1 Å². The molecule has 0 atom stereocenters. The number of nitrogens with two attached hydrogens (primary N) is 1. The summed E-state index contributed by atoms with van der Waals surface area (Å²) in [4.78, 5) is -0.199. The lowest BCUT2D eigenvalue weighted by Crippen LogP contribution is -2.15. The maximum atomic E-state index is 13.3. The van der Waals surface area contributed by atoms with Crippen LogP contribution in [0.5, 0.6) is 0 Å². The van der Waals surface area contributed by atoms with Crippen molar-refractivity contribution in [2.75, 3.05) is 10.5 Å². The largest absolute Gasteiger partial charge is 0.398 e. The van der Waals surface area contributed by atoms with Gasteiger partial charge in [0, 0.05) is 12.7 Å². The zero-order valence-corrected chi connectivity index (χ0v) is 12.9. The van der Waals surface area contributed by atoms with Crippen molar-refractivity contribution in [3.8, 4) is 0 Å². The van der Waals surface area contributed by atoms with Gasteiger partial charge in [-0.05, 0) is 35.0 Å². The molecule has 108 valence electrons. The third kappa shape index (κ3) is 2.93. The first-order valence-electron chi connectivity index (χ1n) is 5.63. The van der Waals surface area contributed by atoms with Crippen molar-refractivity contribution in [2.24, 2.45) is 0 Å². The lowest BCUT2D eigenvalue weighted by molar-refractivity contribution is 0.599. The monoisotopic (exact) mass is 362 g/mol. The van der Waals surface area contributed by atoms with E-state index in [0.717, 1.165) is 12.1 Å². The van der Waals surface area contributed by atoms with Gasteiger partial charge in [0.15, 0.2) is 0 Å². The van der Waals surface area contributed by atoms with E-state index in [4.69, 9.17) is 5.73 Å². The average Bonchev–Trinajstić information content (AvgIpc) is 2.80. The summed E-state index contributed by atoms with van der Waals surface area (Å²) in [7, 11) is -3.90. The molecule has 0 aliphatic heterocycles. The molecule has 0 bridgehead atoms. The highest BCUT2D eigenvalue weighted by atomic mass is 79.9. The summed E-state index contributed by atoms with van der Waals surface area (Å²) < 4.78 is 41.6. The third-order valence-electron chi connectivity index (χ3n) is 2.55. The topological polar surface area (TPSA) is 90.0 Å². The Hall–Kier alpha value is -1.61. The van der Waals surface area contributed by atoms with E-state index in [2.05, 4.69) is 25.8 Å². The molecule has 2 aromatic rings. The van der Waals surface area contributed by atoms with Crippen molar-refractivity contribution in [3.63, 3.8) is 0 Å². The number of halogens is 2. The van der Waals surface area contributed by atoms with Crippen LogP contribution >= 0.6 is 15.9 Å². The molecule has 1 aromatic heterocycles. The highest BCUT2D eigenvalue weighted by Gasteiger charge is 2.20. The first kappa shape index (κ1) is 14.8. The Morgan fingerprint density at radius 3 is 2.80 bits per heavy atom. The minimum atomic E-state index is -3.90. The smallest absolute Gasteiger partial charge is 0.264 e. The molecule has 0 saturated heterocycles. The van der Waals surface area contributed by atoms with Gasteiger partial charge in [0.1, 0.15) is 10.7 Å². The Morgan fingerprint density at radius 2 is 2.20 bits per heavy atom. The second-order valence-corrected chi connectivity index (χ2v) is 6.50. The first-order valence-corrected chi connectivity index (χ1v) is 7.91. The van der Waals surface area contributed by atoms with Crippen molar-refractivity contribution in [3.05, 3.63) is 34.8 Å². The van der Waals surface area contributed by atoms with E-state index in [0.29, 0.717) is 12.2 Å². The van der Waals surface area contributed by atoms with Crippen molar-refractivity contribution in [1.29, 1.82) is 0 Å². The number of hydrogen-bond donors (Lipinski definition) is 2. The molecule has 0 spiro atoms. The number of nitrogens with zero attached hydrogens (tertiary/aromatic N) is 2. The van der Waals surface area contributed by atoms with Gasteiger partial charge in [0.05, 0.1) is 22.0 Å². The normalized spacial score (nSPS) is 11.6. The number of nitrogens with one attached hydrogen (secondary N) is 1. The number of rotatable bonds is 4. The molecule has 3 N–H and O–H groups in total. The van der Waals surface area contributed by atoms with Crippen molar-refractivity contribution in [2.45, 2.75) is 18.4 Å². The number of sulfonamides is 1. The minimum absolute atomic E-state index is 0.0244. The van der Waals surface area contributed by atoms with Crippen LogP contribution in [0, 0.1) is 5.82 Å². The molecule has 0 aliphatic carbocycles. The van der Waals surface area contributed by atoms with Gasteiger partial charge in [-0.15, -0.1) is 0 Å². The molecule has 20 heavy (non-hydrogen) atoms. The summed E-state index contributed by atoms with van der Waals surface area (Å²) in [6.45, 7) is 2.49. The Bertz CT molecular complexity index is 745. The fourth-order valence-electron chi connectivity index (χ4n) is 1.58. The van der Waals surface area contributed by atoms with Crippen LogP contribution in [0.3, 0.4) is 0 Å². The standard InChI is InChI=1S/C11H12BrFN4O2S/c1-2-17-6-7(5-15-17)16-20(18,19)11-3-8(12)9(13)4-10(11)14/h3-6,16H,2,14H2,1H3. The summed E-state index contributed by atoms with van der Waals surface area (Å²) >= 11 is 2.93. The highest BCUT2D eigenvalue weighted by molar-refractivity contribution is 9.10. The molecule has 6 nitrogen and oxygen atoms in total. The third-order valence-corrected chi connectivity index (χ3v) is 4.60. The number of aryl methyl sites for hydroxylation is 1. The van der Waals surface area contributed by atoms with Crippen molar-refractivity contribution >= 4 is 37.3 Å². The van der Waals surface area contributed by atoms with E-state index in [1.54, 1.807) is 10.9 Å². The Morgan fingerprint density at radius 1 is 1.50 bits per heavy atom. The molecule has 9 heteroatoms. The number of nitrogen functional groups attached to an aromatic ring is 1. The zero-order valence-electron chi connectivity index (χ0n) is 10.5. The molecule has 0 radical (unpaired) electrons. The van der Waals surface area contributed by atoms with E-state index in [9.17, 15) is 12.8 Å². The van der Waals surface area contributed by atoms with Gasteiger partial charge in [-0.25, -0.2) is 12.8 Å². The number of aromatic nitrogens is 2. The second kappa shape index (κ2) is 5.41. The number of benzene rings is 1. The van der Waals surface area contributed by atoms with Crippen molar-refractivity contribution in [1.82, 2.24) is 9.78 Å². The summed E-state index contributed by atoms with van der Waals surface area (Å²) in [5.41, 5.74) is 5.71. The van der Waals surface area contributed by atoms with Crippen LogP contribution in [0.1, 0.15) is 6.92 Å². The Kier molecular flexibility index (Phi) is 4.00. The van der Waals surface area contributed by atoms with Gasteiger partial charge in [-0.2, -0.15) is 5.10 Å². The van der Waals surface area contributed by atoms with Gasteiger partial charge in [-0.1, -0.05) is 0 Å². The predicted molar refractivity (Wildman–Crippen MR) is 77.2 cm³/mol. The summed E-state index contributed by atoms with van der Waals surface area (Å²) in [5.74, 6) is -0.625. The lowest BCUT2D eigenvalue weighted by atomic mass is 10.3. The molecule has 2 rings (SSSR count). The number of anilines is 2. The first-order chi connectivity index (χ1) is 9.33. The summed E-state index contributed by atoms with van der Waals surface area (Å²) in [6, 6.07) is 2.07. The average molecular weight is 363 g/mol. The fourth-order valence-corrected chi connectivity index (χ4v) is 3.24. The highest BCUT2D eigenvalue weighted by Crippen LogP contribution is 2.27. The molecular formula is C11H12BrFN4O2S. The zero-order chi connectivity index (χ0) is 14.9. The van der Waals surface area contributed by atoms with Crippen LogP contribution in [0.2, 0.25) is 0 Å². The van der Waals surface area contributed by atoms with Crippen LogP contribution in [-0.4, -0.2) is 18.2 Å². The van der Waals surface area contributed by atoms with E-state index >= 15 is 0 Å². The maximum absolute atomic E-state index is 13.3. The van der Waals surface area contributed by atoms with E-state index < -0.39 is 15.8 Å². The molecule has 0 fully saturated rings. The predicted octanol–water partition coefficient (Wildman–Crippen LogP) is 2.19. The second-order valence-electron chi connectivity index (χ2n) is 3.99. The van der Waals surface area contributed by atoms with Crippen LogP contribution in [-0.2, 0) is 16.6 Å². The summed E-state index contributed by atoms with van der Waals surface area (Å²) in [6.07, 6.45) is 2.93. The van der Waals surface area contributed by atoms with Crippen LogP contribution < -0.4 is 10.5 Å². The van der Waals surface area contributed by atoms with E-state index in [1.165, 1.54) is 6.20 Å². The fraction of sp³-hybridized carbons (Fsp3) is 0.182. The summed E-state index contributed by atoms with van der Waals surface area (Å²) in [5, 5.41) is 3.96. The van der Waals surface area contributed by atoms with Gasteiger partial charge in [-0.3, -0.25) is 9.40 Å². The Balaban J connectivity index is 2.37. The maximum Gasteiger partial charge on any atom is 0.264 e. The lowest BCUT2D eigenvalue weighted by Gasteiger charge is -2.09. The van der Waals surface area contributed by atoms with Gasteiger partial charge >= 0.3 is 0 Å². The molecule has 1 heterocycles. The molecule has 0 amide bonds. The molecule has 0 aliphatic rings. The van der Waals surface area contributed by atoms with Gasteiger partial charge in [0.2, 0.25) is 0 Å². The molecule has 0 unspecified atom stereocenters. The molecule has 0 saturated carbocycles. The Labute approximate surface area is 124 Å². The van der Waals surface area contributed by atoms with Crippen LogP contribution in [0.15, 0.2) is 33.9 Å². The van der Waals surface area contributed by atoms with Crippen molar-refractivity contribution < 1.29 is 12.8 Å². The quantitative estimate of drug-likeness (QED) is 0.815. The van der Waals surface area contributed by atoms with Crippen LogP contribution in [0.25, 0.3) is 0 Å². The van der Waals surface area contributed by atoms with Crippen LogP contribution in [0.4, 0.5) is 15.8 Å². The number of hydrogen-bond acceptors (Lipinski definition) is 4.